The van der Waals surface area contributed by atoms with Gasteiger partial charge in [0.2, 0.25) is 0 Å². The fraction of sp³-hybridized carbons (Fsp3) is 0.500. The maximum Gasteiger partial charge on any atom is 0.328 e. The first-order valence-corrected chi connectivity index (χ1v) is 3.71. The molecule has 1 saturated heterocycles. The van der Waals surface area contributed by atoms with Gasteiger partial charge in [-0.2, -0.15) is 5.26 Å². The van der Waals surface area contributed by atoms with Crippen LogP contribution in [-0.4, -0.2) is 19.1 Å². The van der Waals surface area contributed by atoms with Gasteiger partial charge in [-0.25, -0.2) is 4.79 Å². The van der Waals surface area contributed by atoms with Crippen molar-refractivity contribution in [2.75, 3.05) is 7.11 Å². The van der Waals surface area contributed by atoms with Gasteiger partial charge in [-0.15, -0.1) is 0 Å². The van der Waals surface area contributed by atoms with Crippen molar-refractivity contribution in [3.63, 3.8) is 0 Å². The third-order valence-electron chi connectivity index (χ3n) is 1.79. The maximum absolute atomic E-state index is 11.0. The lowest BCUT2D eigenvalue weighted by Gasteiger charge is -2.06. The lowest BCUT2D eigenvalue weighted by Crippen LogP contribution is -2.30. The van der Waals surface area contributed by atoms with E-state index in [1.807, 2.05) is 6.07 Å². The molecule has 0 spiro atoms. The number of carbonyl (C=O) groups is 1. The molecule has 1 unspecified atom stereocenters. The van der Waals surface area contributed by atoms with E-state index in [4.69, 9.17) is 5.26 Å². The van der Waals surface area contributed by atoms with Gasteiger partial charge in [0.05, 0.1) is 13.2 Å². The van der Waals surface area contributed by atoms with Crippen molar-refractivity contribution < 1.29 is 9.53 Å². The highest BCUT2D eigenvalue weighted by Crippen LogP contribution is 2.15. The summed E-state index contributed by atoms with van der Waals surface area (Å²) >= 11 is 0. The standard InChI is InChI=1S/C8H10N2O2/c1-12-8(11)7-3-2-6(10-7)4-5-9/h4,7,10H,2-3H2,1H3/b6-4-. The van der Waals surface area contributed by atoms with Crippen LogP contribution in [0.1, 0.15) is 12.8 Å². The third-order valence-corrected chi connectivity index (χ3v) is 1.79. The van der Waals surface area contributed by atoms with E-state index in [1.165, 1.54) is 13.2 Å². The molecule has 0 aromatic rings. The summed E-state index contributed by atoms with van der Waals surface area (Å²) in [6.45, 7) is 0. The lowest BCUT2D eigenvalue weighted by molar-refractivity contribution is -0.142. The van der Waals surface area contributed by atoms with Crippen LogP contribution in [0.5, 0.6) is 0 Å². The van der Waals surface area contributed by atoms with Crippen molar-refractivity contribution in [1.82, 2.24) is 5.32 Å². The predicted octanol–water partition coefficient (Wildman–Crippen LogP) is 0.319. The van der Waals surface area contributed by atoms with Gasteiger partial charge in [-0.05, 0) is 12.8 Å². The SMILES string of the molecule is COC(=O)C1CC/C(=C/C#N)N1. The predicted molar refractivity (Wildman–Crippen MR) is 41.9 cm³/mol. The first kappa shape index (κ1) is 8.60. The molecule has 4 nitrogen and oxygen atoms in total. The first-order valence-electron chi connectivity index (χ1n) is 3.71. The fourth-order valence-corrected chi connectivity index (χ4v) is 1.18. The van der Waals surface area contributed by atoms with Crippen LogP contribution in [0.2, 0.25) is 0 Å². The van der Waals surface area contributed by atoms with Gasteiger partial charge >= 0.3 is 5.97 Å². The minimum Gasteiger partial charge on any atom is -0.467 e. The molecular weight excluding hydrogens is 156 g/mol. The van der Waals surface area contributed by atoms with Crippen LogP contribution in [-0.2, 0) is 9.53 Å². The van der Waals surface area contributed by atoms with E-state index >= 15 is 0 Å². The molecule has 1 heterocycles. The van der Waals surface area contributed by atoms with Crippen molar-refractivity contribution in [2.45, 2.75) is 18.9 Å². The van der Waals surface area contributed by atoms with Gasteiger partial charge in [-0.1, -0.05) is 0 Å². The van der Waals surface area contributed by atoms with E-state index < -0.39 is 0 Å². The maximum atomic E-state index is 11.0. The number of carbonyl (C=O) groups excluding carboxylic acids is 1. The van der Waals surface area contributed by atoms with E-state index in [-0.39, 0.29) is 12.0 Å². The van der Waals surface area contributed by atoms with Crippen LogP contribution < -0.4 is 5.32 Å². The number of nitrogens with one attached hydrogen (secondary N) is 1. The molecule has 0 aromatic carbocycles. The molecule has 0 aromatic heterocycles. The van der Waals surface area contributed by atoms with Gasteiger partial charge in [0.15, 0.2) is 0 Å². The molecule has 1 rings (SSSR count). The molecule has 1 N–H and O–H groups in total. The molecular formula is C8H10N2O2. The minimum atomic E-state index is -0.269. The normalized spacial score (nSPS) is 24.7. The Hall–Kier alpha value is -1.50. The number of ether oxygens (including phenoxy) is 1. The van der Waals surface area contributed by atoms with Crippen molar-refractivity contribution in [3.05, 3.63) is 11.8 Å². The lowest BCUT2D eigenvalue weighted by atomic mass is 10.2. The Labute approximate surface area is 70.8 Å². The van der Waals surface area contributed by atoms with Gasteiger partial charge in [-0.3, -0.25) is 0 Å². The van der Waals surface area contributed by atoms with E-state index in [0.717, 1.165) is 12.1 Å². The third kappa shape index (κ3) is 1.76. The molecule has 0 bridgehead atoms. The second-order valence-corrected chi connectivity index (χ2v) is 2.56. The molecule has 1 aliphatic rings. The van der Waals surface area contributed by atoms with Crippen LogP contribution in [0, 0.1) is 11.3 Å². The Morgan fingerprint density at radius 3 is 3.25 bits per heavy atom. The highest BCUT2D eigenvalue weighted by molar-refractivity contribution is 5.76. The Bertz CT molecular complexity index is 252. The second kappa shape index (κ2) is 3.77. The molecule has 1 atom stereocenters. The molecule has 0 saturated carbocycles. The zero-order chi connectivity index (χ0) is 8.97. The summed E-state index contributed by atoms with van der Waals surface area (Å²) in [6, 6.07) is 1.64. The first-order chi connectivity index (χ1) is 5.77. The molecule has 1 aliphatic heterocycles. The van der Waals surface area contributed by atoms with Crippen molar-refractivity contribution in [1.29, 1.82) is 5.26 Å². The molecule has 12 heavy (non-hydrogen) atoms. The van der Waals surface area contributed by atoms with Crippen LogP contribution in [0.4, 0.5) is 0 Å². The molecule has 1 fully saturated rings. The van der Waals surface area contributed by atoms with Crippen molar-refractivity contribution in [3.8, 4) is 6.07 Å². The Morgan fingerprint density at radius 2 is 2.67 bits per heavy atom. The summed E-state index contributed by atoms with van der Waals surface area (Å²) in [5, 5.41) is 11.2. The molecule has 0 amide bonds. The largest absolute Gasteiger partial charge is 0.467 e. The highest BCUT2D eigenvalue weighted by Gasteiger charge is 2.25. The van der Waals surface area contributed by atoms with Crippen LogP contribution in [0.15, 0.2) is 11.8 Å². The zero-order valence-corrected chi connectivity index (χ0v) is 6.83. The number of rotatable bonds is 1. The van der Waals surface area contributed by atoms with Crippen molar-refractivity contribution >= 4 is 5.97 Å². The zero-order valence-electron chi connectivity index (χ0n) is 6.83. The van der Waals surface area contributed by atoms with Crippen LogP contribution in [0.25, 0.3) is 0 Å². The monoisotopic (exact) mass is 166 g/mol. The van der Waals surface area contributed by atoms with Gasteiger partial charge in [0, 0.05) is 11.8 Å². The van der Waals surface area contributed by atoms with Gasteiger partial charge in [0.1, 0.15) is 6.04 Å². The molecule has 0 radical (unpaired) electrons. The Kier molecular flexibility index (Phi) is 2.70. The number of hydrogen-bond donors (Lipinski definition) is 1. The number of nitriles is 1. The average molecular weight is 166 g/mol. The smallest absolute Gasteiger partial charge is 0.328 e. The second-order valence-electron chi connectivity index (χ2n) is 2.56. The van der Waals surface area contributed by atoms with Crippen LogP contribution >= 0.6 is 0 Å². The van der Waals surface area contributed by atoms with E-state index in [9.17, 15) is 4.79 Å². The van der Waals surface area contributed by atoms with Crippen LogP contribution in [0.3, 0.4) is 0 Å². The summed E-state index contributed by atoms with van der Waals surface area (Å²) in [6.07, 6.45) is 2.87. The molecule has 64 valence electrons. The number of methoxy groups -OCH3 is 1. The Morgan fingerprint density at radius 1 is 1.92 bits per heavy atom. The van der Waals surface area contributed by atoms with Gasteiger partial charge < -0.3 is 10.1 Å². The minimum absolute atomic E-state index is 0.267. The highest BCUT2D eigenvalue weighted by atomic mass is 16.5. The topological polar surface area (TPSA) is 62.1 Å². The molecule has 4 heteroatoms. The van der Waals surface area contributed by atoms with E-state index in [1.54, 1.807) is 0 Å². The Balaban J connectivity index is 2.52. The summed E-state index contributed by atoms with van der Waals surface area (Å²) in [4.78, 5) is 11.0. The van der Waals surface area contributed by atoms with E-state index in [0.29, 0.717) is 6.42 Å². The van der Waals surface area contributed by atoms with Gasteiger partial charge in [0.25, 0.3) is 0 Å². The summed E-state index contributed by atoms with van der Waals surface area (Å²) in [7, 11) is 1.36. The van der Waals surface area contributed by atoms with Crippen molar-refractivity contribution in [2.24, 2.45) is 0 Å². The fourth-order valence-electron chi connectivity index (χ4n) is 1.18. The quantitative estimate of drug-likeness (QED) is 0.450. The summed E-state index contributed by atoms with van der Waals surface area (Å²) in [5.41, 5.74) is 0.813. The molecule has 0 aliphatic carbocycles. The number of nitrogens with zero attached hydrogens (tertiary/aromatic N) is 1. The number of allylic oxidation sites excluding steroid dienone is 2. The van der Waals surface area contributed by atoms with E-state index in [2.05, 4.69) is 10.1 Å². The average Bonchev–Trinajstić information content (AvgIpc) is 2.52. The number of hydrogen-bond acceptors (Lipinski definition) is 4. The summed E-state index contributed by atoms with van der Waals surface area (Å²) in [5.74, 6) is -0.267. The summed E-state index contributed by atoms with van der Waals surface area (Å²) < 4.78 is 4.55. The number of esters is 1.